The summed E-state index contributed by atoms with van der Waals surface area (Å²) in [6.07, 6.45) is 3.34. The molecule has 0 spiro atoms. The Morgan fingerprint density at radius 2 is 2.38 bits per heavy atom. The molecule has 1 unspecified atom stereocenters. The third kappa shape index (κ3) is 3.16. The normalized spacial score (nSPS) is 14.2. The van der Waals surface area contributed by atoms with Crippen LogP contribution >= 0.6 is 0 Å². The van der Waals surface area contributed by atoms with Crippen molar-refractivity contribution < 1.29 is 9.66 Å². The van der Waals surface area contributed by atoms with E-state index in [0.29, 0.717) is 0 Å². The average molecular weight is 225 g/mol. The van der Waals surface area contributed by atoms with Crippen molar-refractivity contribution in [2.45, 2.75) is 25.8 Å². The lowest BCUT2D eigenvalue weighted by Crippen LogP contribution is -2.41. The molecule has 16 heavy (non-hydrogen) atoms. The van der Waals surface area contributed by atoms with E-state index in [1.54, 1.807) is 0 Å². The van der Waals surface area contributed by atoms with Gasteiger partial charge in [-0.15, -0.1) is 0 Å². The van der Waals surface area contributed by atoms with E-state index in [9.17, 15) is 10.1 Å². The van der Waals surface area contributed by atoms with Crippen LogP contribution in [-0.2, 0) is 0 Å². The number of pyridine rings is 1. The summed E-state index contributed by atoms with van der Waals surface area (Å²) in [6.45, 7) is 4.00. The Labute approximate surface area is 93.6 Å². The van der Waals surface area contributed by atoms with Crippen LogP contribution in [0.5, 0.6) is 5.75 Å². The fourth-order valence-corrected chi connectivity index (χ4v) is 0.977. The van der Waals surface area contributed by atoms with Gasteiger partial charge in [-0.25, -0.2) is 0 Å². The van der Waals surface area contributed by atoms with Gasteiger partial charge in [-0.2, -0.15) is 0 Å². The highest BCUT2D eigenvalue weighted by molar-refractivity contribution is 5.43. The number of hydrogen-bond acceptors (Lipinski definition) is 5. The number of nitrogens with two attached hydrogens (primary N) is 1. The second-order valence-electron chi connectivity index (χ2n) is 3.90. The van der Waals surface area contributed by atoms with Gasteiger partial charge in [0.05, 0.1) is 4.92 Å². The number of ether oxygens (including phenoxy) is 1. The van der Waals surface area contributed by atoms with Crippen LogP contribution in [0.25, 0.3) is 0 Å². The average Bonchev–Trinajstić information content (AvgIpc) is 2.27. The summed E-state index contributed by atoms with van der Waals surface area (Å²) >= 11 is 0. The summed E-state index contributed by atoms with van der Waals surface area (Å²) in [5, 5.41) is 10.7. The number of nitrogens with zero attached hydrogens (tertiary/aromatic N) is 2. The first-order valence-electron chi connectivity index (χ1n) is 4.96. The fraction of sp³-hybridized carbons (Fsp3) is 0.500. The van der Waals surface area contributed by atoms with Crippen LogP contribution in [0.3, 0.4) is 0 Å². The third-order valence-electron chi connectivity index (χ3n) is 2.32. The van der Waals surface area contributed by atoms with E-state index in [4.69, 9.17) is 10.5 Å². The molecule has 0 fully saturated rings. The quantitative estimate of drug-likeness (QED) is 0.605. The number of nitro groups is 1. The van der Waals surface area contributed by atoms with Crippen LogP contribution in [0.15, 0.2) is 18.5 Å². The van der Waals surface area contributed by atoms with Crippen molar-refractivity contribution in [1.82, 2.24) is 4.98 Å². The van der Waals surface area contributed by atoms with Crippen LogP contribution < -0.4 is 10.5 Å². The largest absolute Gasteiger partial charge is 0.485 e. The van der Waals surface area contributed by atoms with Gasteiger partial charge in [0.2, 0.25) is 0 Å². The van der Waals surface area contributed by atoms with Crippen LogP contribution in [0.1, 0.15) is 20.3 Å². The molecule has 0 amide bonds. The Bertz CT molecular complexity index is 379. The molecule has 1 aromatic rings. The molecular formula is C10H15N3O3. The lowest BCUT2D eigenvalue weighted by molar-refractivity contribution is -0.386. The first-order chi connectivity index (χ1) is 7.46. The first-order valence-corrected chi connectivity index (χ1v) is 4.96. The van der Waals surface area contributed by atoms with E-state index in [2.05, 4.69) is 4.98 Å². The van der Waals surface area contributed by atoms with Gasteiger partial charge in [-0.05, 0) is 13.3 Å². The van der Waals surface area contributed by atoms with Gasteiger partial charge in [0.25, 0.3) is 0 Å². The van der Waals surface area contributed by atoms with Crippen LogP contribution in [-0.4, -0.2) is 22.1 Å². The highest BCUT2D eigenvalue weighted by Gasteiger charge is 2.20. The standard InChI is InChI=1S/C10H15N3O3/c1-3-10(2,11)7-16-9-4-5-12-6-8(9)13(14)15/h4-6H,3,7,11H2,1-2H3. The second-order valence-corrected chi connectivity index (χ2v) is 3.90. The molecule has 0 bridgehead atoms. The molecule has 88 valence electrons. The predicted octanol–water partition coefficient (Wildman–Crippen LogP) is 1.50. The Hall–Kier alpha value is -1.69. The van der Waals surface area contributed by atoms with E-state index in [1.807, 2.05) is 13.8 Å². The summed E-state index contributed by atoms with van der Waals surface area (Å²) in [5.74, 6) is 0.199. The molecule has 0 aliphatic carbocycles. The molecule has 0 aromatic carbocycles. The van der Waals surface area contributed by atoms with Crippen molar-refractivity contribution in [3.63, 3.8) is 0 Å². The van der Waals surface area contributed by atoms with Crippen molar-refractivity contribution in [1.29, 1.82) is 0 Å². The fourth-order valence-electron chi connectivity index (χ4n) is 0.977. The highest BCUT2D eigenvalue weighted by atomic mass is 16.6. The van der Waals surface area contributed by atoms with Crippen molar-refractivity contribution in [3.8, 4) is 5.75 Å². The highest BCUT2D eigenvalue weighted by Crippen LogP contribution is 2.25. The Balaban J connectivity index is 2.78. The minimum absolute atomic E-state index is 0.144. The van der Waals surface area contributed by atoms with Gasteiger partial charge >= 0.3 is 5.69 Å². The molecule has 1 heterocycles. The molecule has 6 heteroatoms. The molecule has 1 rings (SSSR count). The number of aromatic nitrogens is 1. The maximum absolute atomic E-state index is 10.7. The van der Waals surface area contributed by atoms with Crippen LogP contribution in [0.2, 0.25) is 0 Å². The van der Waals surface area contributed by atoms with Crippen LogP contribution in [0.4, 0.5) is 5.69 Å². The monoisotopic (exact) mass is 225 g/mol. The zero-order valence-electron chi connectivity index (χ0n) is 9.34. The Kier molecular flexibility index (Phi) is 3.78. The van der Waals surface area contributed by atoms with Crippen molar-refractivity contribution in [2.24, 2.45) is 5.73 Å². The molecule has 0 aliphatic heterocycles. The van der Waals surface area contributed by atoms with Crippen molar-refractivity contribution >= 4 is 5.69 Å². The lowest BCUT2D eigenvalue weighted by atomic mass is 10.0. The molecule has 0 saturated carbocycles. The molecule has 2 N–H and O–H groups in total. The number of hydrogen-bond donors (Lipinski definition) is 1. The molecular weight excluding hydrogens is 210 g/mol. The van der Waals surface area contributed by atoms with Gasteiger partial charge < -0.3 is 10.5 Å². The maximum Gasteiger partial charge on any atom is 0.329 e. The molecule has 0 aliphatic rings. The number of rotatable bonds is 5. The molecule has 0 radical (unpaired) electrons. The maximum atomic E-state index is 10.7. The summed E-state index contributed by atoms with van der Waals surface area (Å²) in [5.41, 5.74) is 5.25. The van der Waals surface area contributed by atoms with Gasteiger partial charge in [0, 0.05) is 17.8 Å². The Morgan fingerprint density at radius 3 is 2.94 bits per heavy atom. The van der Waals surface area contributed by atoms with Crippen molar-refractivity contribution in [3.05, 3.63) is 28.6 Å². The third-order valence-corrected chi connectivity index (χ3v) is 2.32. The first kappa shape index (κ1) is 12.4. The van der Waals surface area contributed by atoms with E-state index in [0.717, 1.165) is 12.6 Å². The lowest BCUT2D eigenvalue weighted by Gasteiger charge is -2.22. The van der Waals surface area contributed by atoms with Gasteiger partial charge in [-0.3, -0.25) is 15.1 Å². The van der Waals surface area contributed by atoms with Crippen LogP contribution in [0, 0.1) is 10.1 Å². The Morgan fingerprint density at radius 1 is 1.69 bits per heavy atom. The van der Waals surface area contributed by atoms with E-state index < -0.39 is 10.5 Å². The topological polar surface area (TPSA) is 91.3 Å². The molecule has 6 nitrogen and oxygen atoms in total. The smallest absolute Gasteiger partial charge is 0.329 e. The molecule has 1 aromatic heterocycles. The summed E-state index contributed by atoms with van der Waals surface area (Å²) < 4.78 is 5.35. The zero-order chi connectivity index (χ0) is 12.2. The zero-order valence-corrected chi connectivity index (χ0v) is 9.34. The van der Waals surface area contributed by atoms with E-state index in [-0.39, 0.29) is 18.0 Å². The SMILES string of the molecule is CCC(C)(N)COc1ccncc1[N+](=O)[O-]. The summed E-state index contributed by atoms with van der Waals surface area (Å²) in [7, 11) is 0. The van der Waals surface area contributed by atoms with E-state index >= 15 is 0 Å². The minimum atomic E-state index is -0.526. The molecule has 0 saturated heterocycles. The van der Waals surface area contributed by atoms with Gasteiger partial charge in [0.15, 0.2) is 5.75 Å². The van der Waals surface area contributed by atoms with Crippen molar-refractivity contribution in [2.75, 3.05) is 6.61 Å². The predicted molar refractivity (Wildman–Crippen MR) is 59.3 cm³/mol. The van der Waals surface area contributed by atoms with Gasteiger partial charge in [0.1, 0.15) is 12.8 Å². The summed E-state index contributed by atoms with van der Waals surface area (Å²) in [6, 6.07) is 1.46. The van der Waals surface area contributed by atoms with E-state index in [1.165, 1.54) is 12.3 Å². The molecule has 1 atom stereocenters. The summed E-state index contributed by atoms with van der Waals surface area (Å²) in [4.78, 5) is 13.8. The minimum Gasteiger partial charge on any atom is -0.485 e. The van der Waals surface area contributed by atoms with Gasteiger partial charge in [-0.1, -0.05) is 6.92 Å². The second kappa shape index (κ2) is 4.89.